The third-order valence-electron chi connectivity index (χ3n) is 3.30. The highest BCUT2D eigenvalue weighted by atomic mass is 16.5. The number of aryl methyl sites for hydroxylation is 3. The minimum absolute atomic E-state index is 0.0292. The lowest BCUT2D eigenvalue weighted by atomic mass is 10.1. The van der Waals surface area contributed by atoms with Crippen LogP contribution in [0.3, 0.4) is 0 Å². The maximum absolute atomic E-state index is 12.0. The van der Waals surface area contributed by atoms with Gasteiger partial charge in [0.15, 0.2) is 6.61 Å². The standard InChI is InChI=1S/C17H20N2O2/c1-11-5-4-6-12(2)17(11)19-16(20)10-21-15-8-7-14(18)9-13(15)3/h4-9H,10,18H2,1-3H3,(H,19,20). The van der Waals surface area contributed by atoms with Crippen LogP contribution < -0.4 is 15.8 Å². The van der Waals surface area contributed by atoms with Crippen molar-refractivity contribution in [2.75, 3.05) is 17.7 Å². The summed E-state index contributed by atoms with van der Waals surface area (Å²) in [5.74, 6) is 0.490. The van der Waals surface area contributed by atoms with Gasteiger partial charge in [0.25, 0.3) is 5.91 Å². The molecule has 0 saturated carbocycles. The summed E-state index contributed by atoms with van der Waals surface area (Å²) in [7, 11) is 0. The highest BCUT2D eigenvalue weighted by molar-refractivity contribution is 5.93. The maximum Gasteiger partial charge on any atom is 0.262 e. The molecule has 4 heteroatoms. The van der Waals surface area contributed by atoms with E-state index in [9.17, 15) is 4.79 Å². The number of ether oxygens (including phenoxy) is 1. The fourth-order valence-corrected chi connectivity index (χ4v) is 2.16. The second-order valence-corrected chi connectivity index (χ2v) is 5.13. The van der Waals surface area contributed by atoms with Gasteiger partial charge in [0.05, 0.1) is 0 Å². The summed E-state index contributed by atoms with van der Waals surface area (Å²) in [6, 6.07) is 11.2. The third kappa shape index (κ3) is 3.75. The predicted molar refractivity (Wildman–Crippen MR) is 85.6 cm³/mol. The van der Waals surface area contributed by atoms with Gasteiger partial charge in [-0.05, 0) is 55.7 Å². The van der Waals surface area contributed by atoms with E-state index < -0.39 is 0 Å². The molecule has 0 spiro atoms. The second kappa shape index (κ2) is 6.31. The number of para-hydroxylation sites is 1. The van der Waals surface area contributed by atoms with Crippen molar-refractivity contribution in [1.82, 2.24) is 0 Å². The molecule has 21 heavy (non-hydrogen) atoms. The number of carbonyl (C=O) groups is 1. The van der Waals surface area contributed by atoms with Gasteiger partial charge in [-0.15, -0.1) is 0 Å². The Labute approximate surface area is 124 Å². The average molecular weight is 284 g/mol. The van der Waals surface area contributed by atoms with Gasteiger partial charge < -0.3 is 15.8 Å². The molecular weight excluding hydrogens is 264 g/mol. The van der Waals surface area contributed by atoms with E-state index in [1.165, 1.54) is 0 Å². The first-order valence-electron chi connectivity index (χ1n) is 6.82. The summed E-state index contributed by atoms with van der Waals surface area (Å²) in [5.41, 5.74) is 10.2. The molecule has 1 amide bonds. The van der Waals surface area contributed by atoms with Crippen LogP contribution in [0, 0.1) is 20.8 Å². The molecule has 0 aliphatic heterocycles. The number of anilines is 2. The topological polar surface area (TPSA) is 64.3 Å². The lowest BCUT2D eigenvalue weighted by Gasteiger charge is -2.13. The van der Waals surface area contributed by atoms with E-state index >= 15 is 0 Å². The van der Waals surface area contributed by atoms with Crippen molar-refractivity contribution < 1.29 is 9.53 Å². The van der Waals surface area contributed by atoms with Crippen LogP contribution in [0.25, 0.3) is 0 Å². The first-order valence-corrected chi connectivity index (χ1v) is 6.82. The van der Waals surface area contributed by atoms with Crippen molar-refractivity contribution in [1.29, 1.82) is 0 Å². The Balaban J connectivity index is 1.99. The number of hydrogen-bond acceptors (Lipinski definition) is 3. The van der Waals surface area contributed by atoms with Crippen molar-refractivity contribution in [3.63, 3.8) is 0 Å². The van der Waals surface area contributed by atoms with Crippen LogP contribution in [0.15, 0.2) is 36.4 Å². The van der Waals surface area contributed by atoms with Gasteiger partial charge in [-0.25, -0.2) is 0 Å². The summed E-state index contributed by atoms with van der Waals surface area (Å²) < 4.78 is 5.54. The number of nitrogens with two attached hydrogens (primary N) is 1. The number of nitrogens with one attached hydrogen (secondary N) is 1. The van der Waals surface area contributed by atoms with Gasteiger partial charge in [-0.3, -0.25) is 4.79 Å². The van der Waals surface area contributed by atoms with E-state index in [0.29, 0.717) is 11.4 Å². The molecule has 0 aromatic heterocycles. The van der Waals surface area contributed by atoms with E-state index in [1.54, 1.807) is 12.1 Å². The zero-order chi connectivity index (χ0) is 15.4. The fourth-order valence-electron chi connectivity index (χ4n) is 2.16. The number of benzene rings is 2. The zero-order valence-corrected chi connectivity index (χ0v) is 12.6. The number of amides is 1. The van der Waals surface area contributed by atoms with Crippen molar-refractivity contribution in [2.45, 2.75) is 20.8 Å². The van der Waals surface area contributed by atoms with Crippen LogP contribution in [-0.4, -0.2) is 12.5 Å². The van der Waals surface area contributed by atoms with Crippen molar-refractivity contribution in [3.05, 3.63) is 53.1 Å². The van der Waals surface area contributed by atoms with Crippen LogP contribution in [0.2, 0.25) is 0 Å². The predicted octanol–water partition coefficient (Wildman–Crippen LogP) is 3.21. The highest BCUT2D eigenvalue weighted by Crippen LogP contribution is 2.21. The van der Waals surface area contributed by atoms with Gasteiger partial charge in [-0.1, -0.05) is 18.2 Å². The molecule has 2 aromatic carbocycles. The van der Waals surface area contributed by atoms with Crippen LogP contribution in [0.5, 0.6) is 5.75 Å². The molecule has 0 radical (unpaired) electrons. The molecule has 0 bridgehead atoms. The fraction of sp³-hybridized carbons (Fsp3) is 0.235. The lowest BCUT2D eigenvalue weighted by molar-refractivity contribution is -0.118. The number of carbonyl (C=O) groups excluding carboxylic acids is 1. The monoisotopic (exact) mass is 284 g/mol. The molecule has 110 valence electrons. The Bertz CT molecular complexity index is 646. The van der Waals surface area contributed by atoms with Gasteiger partial charge in [0.1, 0.15) is 5.75 Å². The summed E-state index contributed by atoms with van der Waals surface area (Å²) >= 11 is 0. The lowest BCUT2D eigenvalue weighted by Crippen LogP contribution is -2.21. The van der Waals surface area contributed by atoms with E-state index in [4.69, 9.17) is 10.5 Å². The van der Waals surface area contributed by atoms with E-state index in [2.05, 4.69) is 5.32 Å². The Hall–Kier alpha value is -2.49. The smallest absolute Gasteiger partial charge is 0.262 e. The largest absolute Gasteiger partial charge is 0.483 e. The average Bonchev–Trinajstić information content (AvgIpc) is 2.42. The van der Waals surface area contributed by atoms with Crippen molar-refractivity contribution >= 4 is 17.3 Å². The third-order valence-corrected chi connectivity index (χ3v) is 3.30. The number of hydrogen-bond donors (Lipinski definition) is 2. The quantitative estimate of drug-likeness (QED) is 0.847. The number of nitrogen functional groups attached to an aromatic ring is 1. The molecule has 0 fully saturated rings. The Morgan fingerprint density at radius 3 is 2.38 bits per heavy atom. The van der Waals surface area contributed by atoms with E-state index in [1.807, 2.05) is 45.0 Å². The van der Waals surface area contributed by atoms with Gasteiger partial charge in [0.2, 0.25) is 0 Å². The Morgan fingerprint density at radius 2 is 1.76 bits per heavy atom. The summed E-state index contributed by atoms with van der Waals surface area (Å²) in [5, 5.41) is 2.89. The van der Waals surface area contributed by atoms with Crippen LogP contribution in [-0.2, 0) is 4.79 Å². The molecule has 2 aromatic rings. The minimum atomic E-state index is -0.177. The second-order valence-electron chi connectivity index (χ2n) is 5.13. The van der Waals surface area contributed by atoms with Crippen molar-refractivity contribution in [2.24, 2.45) is 0 Å². The first kappa shape index (κ1) is 14.9. The van der Waals surface area contributed by atoms with Crippen LogP contribution in [0.1, 0.15) is 16.7 Å². The molecule has 2 rings (SSSR count). The van der Waals surface area contributed by atoms with Gasteiger partial charge >= 0.3 is 0 Å². The normalized spacial score (nSPS) is 10.2. The molecular formula is C17H20N2O2. The van der Waals surface area contributed by atoms with E-state index in [0.717, 1.165) is 22.4 Å². The molecule has 0 atom stereocenters. The Morgan fingerprint density at radius 1 is 1.10 bits per heavy atom. The van der Waals surface area contributed by atoms with E-state index in [-0.39, 0.29) is 12.5 Å². The van der Waals surface area contributed by atoms with Crippen LogP contribution in [0.4, 0.5) is 11.4 Å². The first-order chi connectivity index (χ1) is 9.97. The molecule has 0 saturated heterocycles. The highest BCUT2D eigenvalue weighted by Gasteiger charge is 2.09. The number of rotatable bonds is 4. The molecule has 0 aliphatic rings. The SMILES string of the molecule is Cc1cc(N)ccc1OCC(=O)Nc1c(C)cccc1C. The molecule has 0 heterocycles. The molecule has 3 N–H and O–H groups in total. The molecule has 4 nitrogen and oxygen atoms in total. The summed E-state index contributed by atoms with van der Waals surface area (Å²) in [4.78, 5) is 12.0. The summed E-state index contributed by atoms with van der Waals surface area (Å²) in [6.45, 7) is 5.80. The zero-order valence-electron chi connectivity index (χ0n) is 12.6. The van der Waals surface area contributed by atoms with Crippen LogP contribution >= 0.6 is 0 Å². The maximum atomic E-state index is 12.0. The minimum Gasteiger partial charge on any atom is -0.483 e. The van der Waals surface area contributed by atoms with Gasteiger partial charge in [0, 0.05) is 11.4 Å². The summed E-state index contributed by atoms with van der Waals surface area (Å²) in [6.07, 6.45) is 0. The molecule has 0 unspecified atom stereocenters. The van der Waals surface area contributed by atoms with Crippen molar-refractivity contribution in [3.8, 4) is 5.75 Å². The van der Waals surface area contributed by atoms with Gasteiger partial charge in [-0.2, -0.15) is 0 Å². The Kier molecular flexibility index (Phi) is 4.48. The molecule has 0 aliphatic carbocycles.